The second-order valence-electron chi connectivity index (χ2n) is 8.60. The van der Waals surface area contributed by atoms with E-state index in [4.69, 9.17) is 11.6 Å². The van der Waals surface area contributed by atoms with Gasteiger partial charge < -0.3 is 15.5 Å². The molecule has 0 bridgehead atoms. The minimum atomic E-state index is -0.537. The van der Waals surface area contributed by atoms with Crippen LogP contribution in [-0.2, 0) is 14.4 Å². The van der Waals surface area contributed by atoms with E-state index in [1.807, 2.05) is 33.8 Å². The van der Waals surface area contributed by atoms with Crippen molar-refractivity contribution in [3.05, 3.63) is 40.7 Å². The summed E-state index contributed by atoms with van der Waals surface area (Å²) in [7, 11) is 0. The highest BCUT2D eigenvalue weighted by Crippen LogP contribution is 2.28. The van der Waals surface area contributed by atoms with Gasteiger partial charge in [-0.2, -0.15) is 5.10 Å². The third kappa shape index (κ3) is 5.12. The number of carbonyl (C=O) groups excluding carboxylic acids is 3. The zero-order chi connectivity index (χ0) is 23.6. The molecule has 0 radical (unpaired) electrons. The van der Waals surface area contributed by atoms with Gasteiger partial charge in [-0.05, 0) is 57.4 Å². The molecule has 172 valence electrons. The van der Waals surface area contributed by atoms with Crippen molar-refractivity contribution in [1.29, 1.82) is 0 Å². The van der Waals surface area contributed by atoms with Gasteiger partial charge in [0.1, 0.15) is 12.1 Å². The quantitative estimate of drug-likeness (QED) is 0.655. The first kappa shape index (κ1) is 23.8. The summed E-state index contributed by atoms with van der Waals surface area (Å²) >= 11 is 6.38. The number of halogens is 1. The van der Waals surface area contributed by atoms with Crippen molar-refractivity contribution in [1.82, 2.24) is 14.7 Å². The Morgan fingerprint density at radius 2 is 1.81 bits per heavy atom. The molecule has 1 aromatic carbocycles. The molecule has 1 saturated heterocycles. The number of hydrogen-bond acceptors (Lipinski definition) is 4. The Bertz CT molecular complexity index is 1030. The molecule has 9 heteroatoms. The van der Waals surface area contributed by atoms with Crippen molar-refractivity contribution in [2.45, 2.75) is 59.5 Å². The Hall–Kier alpha value is -2.87. The third-order valence-corrected chi connectivity index (χ3v) is 5.94. The molecule has 2 unspecified atom stereocenters. The van der Waals surface area contributed by atoms with Crippen molar-refractivity contribution >= 4 is 40.7 Å². The summed E-state index contributed by atoms with van der Waals surface area (Å²) < 4.78 is 1.67. The van der Waals surface area contributed by atoms with Gasteiger partial charge in [-0.15, -0.1) is 0 Å². The van der Waals surface area contributed by atoms with Gasteiger partial charge in [0.05, 0.1) is 16.4 Å². The molecule has 1 aromatic heterocycles. The molecule has 32 heavy (non-hydrogen) atoms. The number of aryl methyl sites for hydroxylation is 2. The number of benzene rings is 1. The lowest BCUT2D eigenvalue weighted by Gasteiger charge is -2.29. The molecule has 1 fully saturated rings. The molecule has 2 atom stereocenters. The largest absolute Gasteiger partial charge is 0.330 e. The predicted molar refractivity (Wildman–Crippen MR) is 125 cm³/mol. The first-order chi connectivity index (χ1) is 15.1. The number of aromatic nitrogens is 2. The highest BCUT2D eigenvalue weighted by molar-refractivity contribution is 6.34. The third-order valence-electron chi connectivity index (χ3n) is 5.63. The van der Waals surface area contributed by atoms with Crippen molar-refractivity contribution < 1.29 is 14.4 Å². The Morgan fingerprint density at radius 1 is 1.09 bits per heavy atom. The van der Waals surface area contributed by atoms with Crippen LogP contribution in [0.15, 0.2) is 24.3 Å². The summed E-state index contributed by atoms with van der Waals surface area (Å²) in [6.07, 6.45) is 1.25. The molecule has 2 N–H and O–H groups in total. The van der Waals surface area contributed by atoms with Gasteiger partial charge in [0.15, 0.2) is 0 Å². The fourth-order valence-electron chi connectivity index (χ4n) is 4.06. The van der Waals surface area contributed by atoms with E-state index in [1.54, 1.807) is 34.7 Å². The van der Waals surface area contributed by atoms with Crippen LogP contribution in [-0.4, -0.2) is 45.0 Å². The van der Waals surface area contributed by atoms with Crippen LogP contribution in [0.5, 0.6) is 0 Å². The molecule has 1 aliphatic heterocycles. The number of carbonyl (C=O) groups is 3. The second kappa shape index (κ2) is 9.73. The molecule has 8 nitrogen and oxygen atoms in total. The number of likely N-dealkylation sites (tertiary alicyclic amines) is 1. The SMILES string of the molecule is Cc1cc(C)n(C(C)C(=O)Nc2ccc(NC(=O)C(C(C)C)N3CCCC3=O)cc2Cl)n1. The minimum Gasteiger partial charge on any atom is -0.330 e. The summed E-state index contributed by atoms with van der Waals surface area (Å²) in [6.45, 7) is 9.98. The predicted octanol–water partition coefficient (Wildman–Crippen LogP) is 3.94. The summed E-state index contributed by atoms with van der Waals surface area (Å²) in [4.78, 5) is 39.4. The number of rotatable bonds is 7. The molecule has 0 spiro atoms. The van der Waals surface area contributed by atoms with E-state index in [0.717, 1.165) is 17.8 Å². The Labute approximate surface area is 193 Å². The average Bonchev–Trinajstić information content (AvgIpc) is 3.27. The number of nitrogens with one attached hydrogen (secondary N) is 2. The highest BCUT2D eigenvalue weighted by atomic mass is 35.5. The number of anilines is 2. The highest BCUT2D eigenvalue weighted by Gasteiger charge is 2.35. The van der Waals surface area contributed by atoms with Crippen LogP contribution >= 0.6 is 11.6 Å². The monoisotopic (exact) mass is 459 g/mol. The molecule has 0 aliphatic carbocycles. The molecule has 2 heterocycles. The van der Waals surface area contributed by atoms with Gasteiger partial charge in [-0.25, -0.2) is 0 Å². The molecule has 3 amide bonds. The molecule has 3 rings (SSSR count). The van der Waals surface area contributed by atoms with Gasteiger partial charge in [-0.1, -0.05) is 25.4 Å². The molecular weight excluding hydrogens is 430 g/mol. The van der Waals surface area contributed by atoms with Crippen molar-refractivity contribution in [3.63, 3.8) is 0 Å². The van der Waals surface area contributed by atoms with Crippen LogP contribution in [0.25, 0.3) is 0 Å². The summed E-state index contributed by atoms with van der Waals surface area (Å²) in [5, 5.41) is 10.3. The lowest BCUT2D eigenvalue weighted by atomic mass is 10.0. The summed E-state index contributed by atoms with van der Waals surface area (Å²) in [6, 6.07) is 5.78. The van der Waals surface area contributed by atoms with E-state index in [0.29, 0.717) is 29.4 Å². The Kier molecular flexibility index (Phi) is 7.23. The first-order valence-electron chi connectivity index (χ1n) is 10.8. The van der Waals surface area contributed by atoms with Gasteiger partial charge in [-0.3, -0.25) is 19.1 Å². The lowest BCUT2D eigenvalue weighted by molar-refractivity contribution is -0.136. The second-order valence-corrected chi connectivity index (χ2v) is 9.01. The van der Waals surface area contributed by atoms with E-state index in [2.05, 4.69) is 15.7 Å². The van der Waals surface area contributed by atoms with Crippen molar-refractivity contribution in [3.8, 4) is 0 Å². The fraction of sp³-hybridized carbons (Fsp3) is 0.478. The summed E-state index contributed by atoms with van der Waals surface area (Å²) in [5.41, 5.74) is 2.68. The molecular formula is C23H30ClN5O3. The van der Waals surface area contributed by atoms with E-state index in [9.17, 15) is 14.4 Å². The maximum absolute atomic E-state index is 12.9. The Morgan fingerprint density at radius 3 is 2.34 bits per heavy atom. The molecule has 0 saturated carbocycles. The molecule has 1 aliphatic rings. The fourth-order valence-corrected chi connectivity index (χ4v) is 4.29. The van der Waals surface area contributed by atoms with Crippen molar-refractivity contribution in [2.75, 3.05) is 17.2 Å². The van der Waals surface area contributed by atoms with Crippen LogP contribution in [0.3, 0.4) is 0 Å². The first-order valence-corrected chi connectivity index (χ1v) is 11.2. The normalized spacial score (nSPS) is 15.7. The van der Waals surface area contributed by atoms with E-state index in [1.165, 1.54) is 0 Å². The standard InChI is InChI=1S/C23H30ClN5O3/c1-13(2)21(28-10-6-7-20(28)30)23(32)25-17-8-9-19(18(24)12-17)26-22(31)16(5)29-15(4)11-14(3)27-29/h8-9,11-13,16,21H,6-7,10H2,1-5H3,(H,25,32)(H,26,31). The van der Waals surface area contributed by atoms with Crippen LogP contribution in [0.1, 0.15) is 51.0 Å². The number of hydrogen-bond donors (Lipinski definition) is 2. The topological polar surface area (TPSA) is 96.3 Å². The smallest absolute Gasteiger partial charge is 0.248 e. The zero-order valence-electron chi connectivity index (χ0n) is 19.1. The minimum absolute atomic E-state index is 0.00618. The number of amides is 3. The maximum atomic E-state index is 12.9. The van der Waals surface area contributed by atoms with Crippen LogP contribution < -0.4 is 10.6 Å². The van der Waals surface area contributed by atoms with Crippen LogP contribution in [0.4, 0.5) is 11.4 Å². The zero-order valence-corrected chi connectivity index (χ0v) is 19.9. The van der Waals surface area contributed by atoms with E-state index in [-0.39, 0.29) is 23.6 Å². The van der Waals surface area contributed by atoms with Crippen LogP contribution in [0.2, 0.25) is 5.02 Å². The lowest BCUT2D eigenvalue weighted by Crippen LogP contribution is -2.47. The van der Waals surface area contributed by atoms with Gasteiger partial charge in [0.25, 0.3) is 0 Å². The van der Waals surface area contributed by atoms with E-state index >= 15 is 0 Å². The van der Waals surface area contributed by atoms with Crippen molar-refractivity contribution in [2.24, 2.45) is 5.92 Å². The Balaban J connectivity index is 1.69. The average molecular weight is 460 g/mol. The van der Waals surface area contributed by atoms with E-state index < -0.39 is 12.1 Å². The maximum Gasteiger partial charge on any atom is 0.248 e. The van der Waals surface area contributed by atoms with Gasteiger partial charge in [0, 0.05) is 24.3 Å². The van der Waals surface area contributed by atoms with Crippen LogP contribution in [0, 0.1) is 19.8 Å². The van der Waals surface area contributed by atoms with Gasteiger partial charge in [0.2, 0.25) is 17.7 Å². The number of nitrogens with zero attached hydrogens (tertiary/aromatic N) is 3. The van der Waals surface area contributed by atoms with Gasteiger partial charge >= 0.3 is 0 Å². The molecule has 2 aromatic rings. The summed E-state index contributed by atoms with van der Waals surface area (Å²) in [5.74, 6) is -0.516.